The Morgan fingerprint density at radius 2 is 1.97 bits per heavy atom. The van der Waals surface area contributed by atoms with E-state index in [1.807, 2.05) is 6.07 Å². The van der Waals surface area contributed by atoms with Gasteiger partial charge in [0.05, 0.1) is 22.7 Å². The van der Waals surface area contributed by atoms with Gasteiger partial charge in [0.15, 0.2) is 0 Å². The third-order valence-electron chi connectivity index (χ3n) is 4.83. The summed E-state index contributed by atoms with van der Waals surface area (Å²) in [6.45, 7) is 3.67. The maximum absolute atomic E-state index is 14.2. The Balaban J connectivity index is 1.72. The smallest absolute Gasteiger partial charge is 0.224 e. The average molecular weight is 439 g/mol. The van der Waals surface area contributed by atoms with E-state index in [1.165, 1.54) is 6.07 Å². The molecule has 0 unspecified atom stereocenters. The fourth-order valence-corrected chi connectivity index (χ4v) is 3.67. The number of nitrogens with one attached hydrogen (secondary N) is 2. The van der Waals surface area contributed by atoms with Gasteiger partial charge in [0.25, 0.3) is 0 Å². The monoisotopic (exact) mass is 438 g/mol. The molecule has 29 heavy (non-hydrogen) atoms. The number of rotatable bonds is 8. The van der Waals surface area contributed by atoms with Crippen LogP contribution in [0.25, 0.3) is 0 Å². The molecule has 156 valence electrons. The molecule has 1 aliphatic rings. The highest BCUT2D eigenvalue weighted by Gasteiger charge is 2.28. The van der Waals surface area contributed by atoms with E-state index in [9.17, 15) is 14.3 Å². The highest BCUT2D eigenvalue weighted by molar-refractivity contribution is 6.36. The standard InChI is InChI=1S/C22H25Cl2FN2O2/c1-22(2,29)7-8-26-20(28)10-14-9-16(5-6-19(14)25)27-21-17(13-3-4-13)11-15(23)12-18(21)24/h5-6,9,11-13,27,29H,3-4,7-8,10H2,1-2H3,(H,26,28). The number of hydrogen-bond donors (Lipinski definition) is 3. The molecule has 7 heteroatoms. The third-order valence-corrected chi connectivity index (χ3v) is 5.34. The van der Waals surface area contributed by atoms with Crippen molar-refractivity contribution in [2.24, 2.45) is 0 Å². The number of aliphatic hydroxyl groups is 1. The zero-order valence-corrected chi connectivity index (χ0v) is 18.0. The van der Waals surface area contributed by atoms with Gasteiger partial charge in [0.2, 0.25) is 5.91 Å². The van der Waals surface area contributed by atoms with Gasteiger partial charge in [-0.3, -0.25) is 4.79 Å². The number of halogens is 3. The molecule has 0 aromatic heterocycles. The number of benzene rings is 2. The molecule has 3 rings (SSSR count). The minimum absolute atomic E-state index is 0.0863. The number of hydrogen-bond acceptors (Lipinski definition) is 3. The van der Waals surface area contributed by atoms with Crippen LogP contribution in [-0.4, -0.2) is 23.2 Å². The van der Waals surface area contributed by atoms with Gasteiger partial charge < -0.3 is 15.7 Å². The van der Waals surface area contributed by atoms with Crippen LogP contribution in [0.4, 0.5) is 15.8 Å². The molecule has 4 nitrogen and oxygen atoms in total. The molecule has 0 spiro atoms. The van der Waals surface area contributed by atoms with E-state index >= 15 is 0 Å². The largest absolute Gasteiger partial charge is 0.390 e. The van der Waals surface area contributed by atoms with Crippen LogP contribution in [0.5, 0.6) is 0 Å². The van der Waals surface area contributed by atoms with Crippen molar-refractivity contribution in [3.63, 3.8) is 0 Å². The van der Waals surface area contributed by atoms with Crippen molar-refractivity contribution in [3.8, 4) is 0 Å². The highest BCUT2D eigenvalue weighted by Crippen LogP contribution is 2.47. The molecule has 1 fully saturated rings. The number of anilines is 2. The molecule has 0 radical (unpaired) electrons. The first-order valence-electron chi connectivity index (χ1n) is 9.66. The topological polar surface area (TPSA) is 61.4 Å². The van der Waals surface area contributed by atoms with Crippen molar-refractivity contribution in [2.45, 2.75) is 51.0 Å². The molecular weight excluding hydrogens is 414 g/mol. The molecule has 3 N–H and O–H groups in total. The lowest BCUT2D eigenvalue weighted by Crippen LogP contribution is -2.31. The van der Waals surface area contributed by atoms with Gasteiger partial charge in [0, 0.05) is 17.3 Å². The molecule has 0 saturated heterocycles. The minimum atomic E-state index is -0.862. The lowest BCUT2D eigenvalue weighted by atomic mass is 10.1. The fourth-order valence-electron chi connectivity index (χ4n) is 3.12. The first-order chi connectivity index (χ1) is 13.6. The van der Waals surface area contributed by atoms with Crippen LogP contribution >= 0.6 is 23.2 Å². The molecule has 2 aromatic rings. The van der Waals surface area contributed by atoms with Crippen molar-refractivity contribution >= 4 is 40.5 Å². The second-order valence-electron chi connectivity index (χ2n) is 8.15. The second-order valence-corrected chi connectivity index (χ2v) is 8.99. The predicted molar refractivity (Wildman–Crippen MR) is 116 cm³/mol. The molecular formula is C22H25Cl2FN2O2. The molecule has 0 heterocycles. The van der Waals surface area contributed by atoms with Crippen LogP contribution in [0.15, 0.2) is 30.3 Å². The van der Waals surface area contributed by atoms with Gasteiger partial charge in [-0.25, -0.2) is 4.39 Å². The summed E-state index contributed by atoms with van der Waals surface area (Å²) in [6.07, 6.45) is 2.51. The quantitative estimate of drug-likeness (QED) is 0.504. The summed E-state index contributed by atoms with van der Waals surface area (Å²) in [5.41, 5.74) is 1.90. The molecule has 0 aliphatic heterocycles. The summed E-state index contributed by atoms with van der Waals surface area (Å²) >= 11 is 12.5. The van der Waals surface area contributed by atoms with E-state index in [4.69, 9.17) is 23.2 Å². The fraction of sp³-hybridized carbons (Fsp3) is 0.409. The number of carbonyl (C=O) groups excluding carboxylic acids is 1. The summed E-state index contributed by atoms with van der Waals surface area (Å²) in [4.78, 5) is 12.1. The van der Waals surface area contributed by atoms with Gasteiger partial charge in [-0.2, -0.15) is 0 Å². The van der Waals surface area contributed by atoms with Gasteiger partial charge in [-0.15, -0.1) is 0 Å². The molecule has 0 bridgehead atoms. The molecule has 1 aliphatic carbocycles. The molecule has 1 amide bonds. The van der Waals surface area contributed by atoms with E-state index in [-0.39, 0.29) is 17.9 Å². The number of amides is 1. The summed E-state index contributed by atoms with van der Waals surface area (Å²) in [5, 5.41) is 16.8. The SMILES string of the molecule is CC(C)(O)CCNC(=O)Cc1cc(Nc2c(Cl)cc(Cl)cc2C2CC2)ccc1F. The van der Waals surface area contributed by atoms with Crippen LogP contribution in [0.2, 0.25) is 10.0 Å². The Bertz CT molecular complexity index is 908. The van der Waals surface area contributed by atoms with E-state index in [1.54, 1.807) is 32.0 Å². The summed E-state index contributed by atoms with van der Waals surface area (Å²) < 4.78 is 14.2. The Labute approximate surface area is 180 Å². The molecule has 2 aromatic carbocycles. The van der Waals surface area contributed by atoms with Gasteiger partial charge in [-0.1, -0.05) is 23.2 Å². The lowest BCUT2D eigenvalue weighted by Gasteiger charge is -2.17. The Hall–Kier alpha value is -1.82. The van der Waals surface area contributed by atoms with Crippen LogP contribution in [0, 0.1) is 5.82 Å². The van der Waals surface area contributed by atoms with Crippen LogP contribution in [0.1, 0.15) is 50.2 Å². The predicted octanol–water partition coefficient (Wildman–Crippen LogP) is 5.57. The third kappa shape index (κ3) is 6.33. The molecule has 0 atom stereocenters. The Morgan fingerprint density at radius 1 is 1.24 bits per heavy atom. The van der Waals surface area contributed by atoms with Gasteiger partial charge in [0.1, 0.15) is 5.82 Å². The zero-order chi connectivity index (χ0) is 21.2. The molecule has 1 saturated carbocycles. The van der Waals surface area contributed by atoms with Crippen molar-refractivity contribution < 1.29 is 14.3 Å². The second kappa shape index (κ2) is 8.90. The van der Waals surface area contributed by atoms with Crippen LogP contribution in [-0.2, 0) is 11.2 Å². The minimum Gasteiger partial charge on any atom is -0.390 e. The van der Waals surface area contributed by atoms with Crippen molar-refractivity contribution in [2.75, 3.05) is 11.9 Å². The van der Waals surface area contributed by atoms with Crippen LogP contribution in [0.3, 0.4) is 0 Å². The Kier molecular flexibility index (Phi) is 6.72. The maximum Gasteiger partial charge on any atom is 0.224 e. The lowest BCUT2D eigenvalue weighted by molar-refractivity contribution is -0.120. The maximum atomic E-state index is 14.2. The highest BCUT2D eigenvalue weighted by atomic mass is 35.5. The van der Waals surface area contributed by atoms with Crippen molar-refractivity contribution in [1.82, 2.24) is 5.32 Å². The summed E-state index contributed by atoms with van der Waals surface area (Å²) in [7, 11) is 0. The average Bonchev–Trinajstić information content (AvgIpc) is 3.43. The normalized spacial score (nSPS) is 14.0. The van der Waals surface area contributed by atoms with Crippen LogP contribution < -0.4 is 10.6 Å². The van der Waals surface area contributed by atoms with Gasteiger partial charge >= 0.3 is 0 Å². The first kappa shape index (κ1) is 21.9. The van der Waals surface area contributed by atoms with E-state index in [0.717, 1.165) is 24.1 Å². The number of carbonyl (C=O) groups is 1. The van der Waals surface area contributed by atoms with E-state index in [2.05, 4.69) is 10.6 Å². The Morgan fingerprint density at radius 3 is 2.62 bits per heavy atom. The summed E-state index contributed by atoms with van der Waals surface area (Å²) in [6, 6.07) is 8.16. The van der Waals surface area contributed by atoms with Gasteiger partial charge in [-0.05, 0) is 80.5 Å². The van der Waals surface area contributed by atoms with Crippen molar-refractivity contribution in [3.05, 3.63) is 57.3 Å². The van der Waals surface area contributed by atoms with Crippen molar-refractivity contribution in [1.29, 1.82) is 0 Å². The first-order valence-corrected chi connectivity index (χ1v) is 10.4. The zero-order valence-electron chi connectivity index (χ0n) is 16.5. The van der Waals surface area contributed by atoms with E-state index < -0.39 is 11.4 Å². The van der Waals surface area contributed by atoms with E-state index in [0.29, 0.717) is 34.6 Å². The summed E-state index contributed by atoms with van der Waals surface area (Å²) in [5.74, 6) is -0.318.